The molecular weight excluding hydrogens is 515 g/mol. The van der Waals surface area contributed by atoms with Crippen molar-refractivity contribution in [2.24, 2.45) is 0 Å². The summed E-state index contributed by atoms with van der Waals surface area (Å²) >= 11 is 12.0. The number of nitrogens with one attached hydrogen (secondary N) is 2. The standard InChI is InChI=1S/C28H22Cl2N2O5/c29-19-8-13-25(23(30)16-19)37-21-11-9-20(10-12-21)31-26(33)14-15-28(35)36-17-27(34)32-24-7-3-5-18-4-1-2-6-22(18)24/h1-13,16H,14-15,17H2,(H,31,33)(H,32,34). The summed E-state index contributed by atoms with van der Waals surface area (Å²) in [5.74, 6) is -0.505. The molecule has 4 aromatic rings. The number of hydrogen-bond acceptors (Lipinski definition) is 5. The van der Waals surface area contributed by atoms with Crippen molar-refractivity contribution in [1.82, 2.24) is 0 Å². The molecule has 0 aliphatic heterocycles. The largest absolute Gasteiger partial charge is 0.456 e. The van der Waals surface area contributed by atoms with Crippen molar-refractivity contribution in [1.29, 1.82) is 0 Å². The molecule has 0 saturated heterocycles. The molecule has 4 aromatic carbocycles. The number of carbonyl (C=O) groups is 3. The zero-order valence-corrected chi connectivity index (χ0v) is 21.0. The Morgan fingerprint density at radius 2 is 1.51 bits per heavy atom. The van der Waals surface area contributed by atoms with Crippen molar-refractivity contribution in [2.45, 2.75) is 12.8 Å². The third-order valence-electron chi connectivity index (χ3n) is 5.24. The van der Waals surface area contributed by atoms with Gasteiger partial charge in [-0.2, -0.15) is 0 Å². The summed E-state index contributed by atoms with van der Waals surface area (Å²) < 4.78 is 10.7. The van der Waals surface area contributed by atoms with E-state index in [0.717, 1.165) is 10.8 Å². The zero-order valence-electron chi connectivity index (χ0n) is 19.5. The van der Waals surface area contributed by atoms with Gasteiger partial charge in [0.15, 0.2) is 6.61 Å². The van der Waals surface area contributed by atoms with E-state index >= 15 is 0 Å². The molecule has 0 aliphatic rings. The van der Waals surface area contributed by atoms with Gasteiger partial charge in [-0.05, 0) is 53.9 Å². The summed E-state index contributed by atoms with van der Waals surface area (Å²) in [6.07, 6.45) is -0.258. The number of rotatable bonds is 9. The van der Waals surface area contributed by atoms with E-state index in [9.17, 15) is 14.4 Å². The van der Waals surface area contributed by atoms with E-state index in [0.29, 0.717) is 32.9 Å². The van der Waals surface area contributed by atoms with E-state index in [1.165, 1.54) is 0 Å². The lowest BCUT2D eigenvalue weighted by Gasteiger charge is -2.10. The Labute approximate surface area is 223 Å². The Balaban J connectivity index is 1.19. The van der Waals surface area contributed by atoms with Crippen LogP contribution >= 0.6 is 23.2 Å². The van der Waals surface area contributed by atoms with Crippen LogP contribution in [-0.2, 0) is 19.1 Å². The molecule has 2 amide bonds. The van der Waals surface area contributed by atoms with Crippen LogP contribution in [0.3, 0.4) is 0 Å². The van der Waals surface area contributed by atoms with E-state index < -0.39 is 18.5 Å². The van der Waals surface area contributed by atoms with Crippen LogP contribution in [0.15, 0.2) is 84.9 Å². The molecule has 0 saturated carbocycles. The Morgan fingerprint density at radius 3 is 2.30 bits per heavy atom. The predicted octanol–water partition coefficient (Wildman–Crippen LogP) is 6.84. The van der Waals surface area contributed by atoms with Crippen molar-refractivity contribution < 1.29 is 23.9 Å². The highest BCUT2D eigenvalue weighted by Gasteiger charge is 2.12. The smallest absolute Gasteiger partial charge is 0.306 e. The van der Waals surface area contributed by atoms with Crippen LogP contribution in [0.5, 0.6) is 11.5 Å². The molecule has 7 nitrogen and oxygen atoms in total. The molecule has 0 spiro atoms. The summed E-state index contributed by atoms with van der Waals surface area (Å²) in [6, 6.07) is 24.7. The summed E-state index contributed by atoms with van der Waals surface area (Å²) in [5.41, 5.74) is 1.16. The maximum Gasteiger partial charge on any atom is 0.306 e. The molecule has 188 valence electrons. The highest BCUT2D eigenvalue weighted by Crippen LogP contribution is 2.32. The molecule has 0 unspecified atom stereocenters. The molecule has 4 rings (SSSR count). The normalized spacial score (nSPS) is 10.5. The third kappa shape index (κ3) is 7.46. The minimum absolute atomic E-state index is 0.0948. The van der Waals surface area contributed by atoms with E-state index in [2.05, 4.69) is 10.6 Å². The molecule has 0 bridgehead atoms. The van der Waals surface area contributed by atoms with Gasteiger partial charge in [0.05, 0.1) is 11.4 Å². The molecule has 0 aliphatic carbocycles. The quantitative estimate of drug-likeness (QED) is 0.228. The van der Waals surface area contributed by atoms with E-state index in [1.807, 2.05) is 36.4 Å². The number of esters is 1. The van der Waals surface area contributed by atoms with Crippen LogP contribution in [0.25, 0.3) is 10.8 Å². The number of fused-ring (bicyclic) bond motifs is 1. The fourth-order valence-electron chi connectivity index (χ4n) is 3.47. The maximum absolute atomic E-state index is 12.2. The Hall–Kier alpha value is -4.07. The van der Waals surface area contributed by atoms with Gasteiger partial charge in [0.1, 0.15) is 11.5 Å². The van der Waals surface area contributed by atoms with Crippen LogP contribution < -0.4 is 15.4 Å². The number of amides is 2. The first-order valence-electron chi connectivity index (χ1n) is 11.3. The van der Waals surface area contributed by atoms with Gasteiger partial charge < -0.3 is 20.1 Å². The van der Waals surface area contributed by atoms with Crippen molar-refractivity contribution in [3.63, 3.8) is 0 Å². The molecular formula is C28H22Cl2N2O5. The van der Waals surface area contributed by atoms with E-state index in [-0.39, 0.29) is 18.7 Å². The first kappa shape index (κ1) is 26.0. The van der Waals surface area contributed by atoms with Crippen LogP contribution in [-0.4, -0.2) is 24.4 Å². The van der Waals surface area contributed by atoms with Gasteiger partial charge in [-0.3, -0.25) is 14.4 Å². The lowest BCUT2D eigenvalue weighted by atomic mass is 10.1. The Bertz CT molecular complexity index is 1440. The molecule has 0 heterocycles. The minimum Gasteiger partial charge on any atom is -0.456 e. The van der Waals surface area contributed by atoms with Gasteiger partial charge in [-0.25, -0.2) is 0 Å². The zero-order chi connectivity index (χ0) is 26.2. The Kier molecular flexibility index (Phi) is 8.61. The summed E-state index contributed by atoms with van der Waals surface area (Å²) in [7, 11) is 0. The van der Waals surface area contributed by atoms with Gasteiger partial charge in [-0.1, -0.05) is 59.6 Å². The summed E-state index contributed by atoms with van der Waals surface area (Å²) in [4.78, 5) is 36.5. The highest BCUT2D eigenvalue weighted by atomic mass is 35.5. The summed E-state index contributed by atoms with van der Waals surface area (Å²) in [6.45, 7) is -0.442. The number of benzene rings is 4. The van der Waals surface area contributed by atoms with Gasteiger partial charge in [0.2, 0.25) is 5.91 Å². The number of anilines is 2. The van der Waals surface area contributed by atoms with Gasteiger partial charge in [0, 0.05) is 28.2 Å². The van der Waals surface area contributed by atoms with Crippen LogP contribution in [0.4, 0.5) is 11.4 Å². The fraction of sp³-hybridized carbons (Fsp3) is 0.107. The molecule has 0 aromatic heterocycles. The number of carbonyl (C=O) groups excluding carboxylic acids is 3. The van der Waals surface area contributed by atoms with Gasteiger partial charge in [0.25, 0.3) is 5.91 Å². The minimum atomic E-state index is -0.646. The molecule has 0 atom stereocenters. The first-order valence-corrected chi connectivity index (χ1v) is 12.1. The van der Waals surface area contributed by atoms with E-state index in [1.54, 1.807) is 48.5 Å². The van der Waals surface area contributed by atoms with Crippen molar-refractivity contribution in [2.75, 3.05) is 17.2 Å². The molecule has 9 heteroatoms. The van der Waals surface area contributed by atoms with Crippen molar-refractivity contribution in [3.05, 3.63) is 95.0 Å². The third-order valence-corrected chi connectivity index (χ3v) is 5.77. The van der Waals surface area contributed by atoms with Gasteiger partial charge in [-0.15, -0.1) is 0 Å². The lowest BCUT2D eigenvalue weighted by Crippen LogP contribution is -2.22. The lowest BCUT2D eigenvalue weighted by molar-refractivity contribution is -0.147. The number of hydrogen-bond donors (Lipinski definition) is 2. The average molecular weight is 537 g/mol. The highest BCUT2D eigenvalue weighted by molar-refractivity contribution is 6.35. The molecule has 2 N–H and O–H groups in total. The monoisotopic (exact) mass is 536 g/mol. The second-order valence-corrected chi connectivity index (χ2v) is 8.83. The van der Waals surface area contributed by atoms with Crippen LogP contribution in [0, 0.1) is 0 Å². The van der Waals surface area contributed by atoms with Crippen molar-refractivity contribution in [3.8, 4) is 11.5 Å². The van der Waals surface area contributed by atoms with E-state index in [4.69, 9.17) is 32.7 Å². The fourth-order valence-corrected chi connectivity index (χ4v) is 3.92. The topological polar surface area (TPSA) is 93.7 Å². The average Bonchev–Trinajstić information content (AvgIpc) is 2.89. The van der Waals surface area contributed by atoms with Crippen molar-refractivity contribution >= 4 is 63.1 Å². The van der Waals surface area contributed by atoms with Gasteiger partial charge >= 0.3 is 5.97 Å². The predicted molar refractivity (Wildman–Crippen MR) is 144 cm³/mol. The second-order valence-electron chi connectivity index (χ2n) is 7.98. The van der Waals surface area contributed by atoms with Crippen LogP contribution in [0.1, 0.15) is 12.8 Å². The van der Waals surface area contributed by atoms with Crippen LogP contribution in [0.2, 0.25) is 10.0 Å². The number of ether oxygens (including phenoxy) is 2. The second kappa shape index (κ2) is 12.3. The maximum atomic E-state index is 12.2. The molecule has 37 heavy (non-hydrogen) atoms. The Morgan fingerprint density at radius 1 is 0.757 bits per heavy atom. The molecule has 0 radical (unpaired) electrons. The SMILES string of the molecule is O=C(CCC(=O)OCC(=O)Nc1cccc2ccccc12)Nc1ccc(Oc2ccc(Cl)cc2Cl)cc1. The molecule has 0 fully saturated rings. The summed E-state index contributed by atoms with van der Waals surface area (Å²) in [5, 5.41) is 8.19. The number of halogens is 2. The first-order chi connectivity index (χ1) is 17.9.